The Balaban J connectivity index is 1.51. The highest BCUT2D eigenvalue weighted by atomic mass is 16.5. The quantitative estimate of drug-likeness (QED) is 0.599. The molecule has 31 heavy (non-hydrogen) atoms. The van der Waals surface area contributed by atoms with Gasteiger partial charge in [0.1, 0.15) is 0 Å². The van der Waals surface area contributed by atoms with Gasteiger partial charge in [-0.3, -0.25) is 14.5 Å². The molecule has 2 heterocycles. The maximum atomic E-state index is 13.0. The van der Waals surface area contributed by atoms with Gasteiger partial charge in [-0.1, -0.05) is 18.2 Å². The number of rotatable bonds is 6. The molecule has 164 valence electrons. The number of hydrogen-bond acceptors (Lipinski definition) is 4. The van der Waals surface area contributed by atoms with Gasteiger partial charge in [-0.25, -0.2) is 0 Å². The number of ether oxygens (including phenoxy) is 1. The van der Waals surface area contributed by atoms with E-state index in [1.807, 2.05) is 26.0 Å². The van der Waals surface area contributed by atoms with E-state index in [0.717, 1.165) is 37.0 Å². The SMILES string of the molecule is CCOC(=O)C1CCCN(C(C)C(=O)Nc2ccc3c(c2)c2ccccc2n3CC)C1. The van der Waals surface area contributed by atoms with Gasteiger partial charge in [0.15, 0.2) is 0 Å². The summed E-state index contributed by atoms with van der Waals surface area (Å²) in [6.45, 7) is 8.54. The highest BCUT2D eigenvalue weighted by Crippen LogP contribution is 2.31. The van der Waals surface area contributed by atoms with Crippen LogP contribution in [0, 0.1) is 5.92 Å². The van der Waals surface area contributed by atoms with Crippen LogP contribution < -0.4 is 5.32 Å². The van der Waals surface area contributed by atoms with Gasteiger partial charge in [-0.15, -0.1) is 0 Å². The Morgan fingerprint density at radius 3 is 2.68 bits per heavy atom. The molecule has 1 N–H and O–H groups in total. The number of aromatic nitrogens is 1. The number of para-hydroxylation sites is 1. The van der Waals surface area contributed by atoms with E-state index in [2.05, 4.69) is 52.0 Å². The lowest BCUT2D eigenvalue weighted by Crippen LogP contribution is -2.48. The molecule has 4 rings (SSSR count). The molecule has 2 atom stereocenters. The number of fused-ring (bicyclic) bond motifs is 3. The number of benzene rings is 2. The molecule has 6 heteroatoms. The van der Waals surface area contributed by atoms with Crippen LogP contribution in [-0.4, -0.2) is 47.1 Å². The first-order valence-electron chi connectivity index (χ1n) is 11.3. The van der Waals surface area contributed by atoms with Crippen molar-refractivity contribution in [1.29, 1.82) is 0 Å². The van der Waals surface area contributed by atoms with Gasteiger partial charge in [0.2, 0.25) is 5.91 Å². The molecule has 1 amide bonds. The predicted molar refractivity (Wildman–Crippen MR) is 124 cm³/mol. The van der Waals surface area contributed by atoms with Crippen LogP contribution in [0.5, 0.6) is 0 Å². The Hall–Kier alpha value is -2.86. The first-order chi connectivity index (χ1) is 15.0. The van der Waals surface area contributed by atoms with Gasteiger partial charge in [-0.05, 0) is 64.4 Å². The maximum Gasteiger partial charge on any atom is 0.310 e. The minimum absolute atomic E-state index is 0.0527. The second kappa shape index (κ2) is 9.10. The van der Waals surface area contributed by atoms with Gasteiger partial charge in [0, 0.05) is 40.6 Å². The molecule has 1 aliphatic rings. The minimum Gasteiger partial charge on any atom is -0.466 e. The highest BCUT2D eigenvalue weighted by molar-refractivity contribution is 6.10. The number of carbonyl (C=O) groups is 2. The van der Waals surface area contributed by atoms with Crippen molar-refractivity contribution >= 4 is 39.4 Å². The fourth-order valence-corrected chi connectivity index (χ4v) is 4.70. The lowest BCUT2D eigenvalue weighted by Gasteiger charge is -2.35. The van der Waals surface area contributed by atoms with Crippen molar-refractivity contribution in [2.75, 3.05) is 25.0 Å². The molecule has 0 aliphatic carbocycles. The van der Waals surface area contributed by atoms with Crippen molar-refractivity contribution in [3.05, 3.63) is 42.5 Å². The lowest BCUT2D eigenvalue weighted by molar-refractivity contribution is -0.150. The molecule has 1 saturated heterocycles. The largest absolute Gasteiger partial charge is 0.466 e. The molecule has 2 unspecified atom stereocenters. The van der Waals surface area contributed by atoms with E-state index in [9.17, 15) is 9.59 Å². The molecule has 3 aromatic rings. The fraction of sp³-hybridized carbons (Fsp3) is 0.440. The zero-order valence-electron chi connectivity index (χ0n) is 18.6. The molecule has 0 saturated carbocycles. The number of esters is 1. The second-order valence-electron chi connectivity index (χ2n) is 8.24. The van der Waals surface area contributed by atoms with Crippen molar-refractivity contribution in [2.24, 2.45) is 5.92 Å². The summed E-state index contributed by atoms with van der Waals surface area (Å²) in [4.78, 5) is 27.2. The van der Waals surface area contributed by atoms with Crippen LogP contribution in [0.4, 0.5) is 5.69 Å². The number of aryl methyl sites for hydroxylation is 1. The Morgan fingerprint density at radius 1 is 1.13 bits per heavy atom. The number of nitrogens with one attached hydrogen (secondary N) is 1. The highest BCUT2D eigenvalue weighted by Gasteiger charge is 2.31. The molecule has 1 fully saturated rings. The summed E-state index contributed by atoms with van der Waals surface area (Å²) in [6.07, 6.45) is 1.71. The van der Waals surface area contributed by atoms with Gasteiger partial charge in [-0.2, -0.15) is 0 Å². The summed E-state index contributed by atoms with van der Waals surface area (Å²) in [5.41, 5.74) is 3.17. The van der Waals surface area contributed by atoms with Crippen LogP contribution in [-0.2, 0) is 20.9 Å². The Bertz CT molecular complexity index is 1100. The van der Waals surface area contributed by atoms with Crippen LogP contribution in [0.25, 0.3) is 21.8 Å². The number of anilines is 1. The average molecular weight is 422 g/mol. The van der Waals surface area contributed by atoms with Crippen molar-refractivity contribution in [3.8, 4) is 0 Å². The number of hydrogen-bond donors (Lipinski definition) is 1. The van der Waals surface area contributed by atoms with E-state index in [-0.39, 0.29) is 23.8 Å². The summed E-state index contributed by atoms with van der Waals surface area (Å²) in [6, 6.07) is 14.2. The number of piperidine rings is 1. The molecule has 6 nitrogen and oxygen atoms in total. The smallest absolute Gasteiger partial charge is 0.310 e. The summed E-state index contributed by atoms with van der Waals surface area (Å²) < 4.78 is 7.48. The van der Waals surface area contributed by atoms with E-state index >= 15 is 0 Å². The van der Waals surface area contributed by atoms with Crippen LogP contribution in [0.15, 0.2) is 42.5 Å². The van der Waals surface area contributed by atoms with Gasteiger partial charge >= 0.3 is 5.97 Å². The van der Waals surface area contributed by atoms with Gasteiger partial charge < -0.3 is 14.6 Å². The molecule has 1 aromatic heterocycles. The third kappa shape index (κ3) is 4.17. The minimum atomic E-state index is -0.315. The zero-order chi connectivity index (χ0) is 22.0. The monoisotopic (exact) mass is 421 g/mol. The van der Waals surface area contributed by atoms with Crippen LogP contribution in [0.2, 0.25) is 0 Å². The number of likely N-dealkylation sites (tertiary alicyclic amines) is 1. The van der Waals surface area contributed by atoms with Crippen molar-refractivity contribution < 1.29 is 14.3 Å². The molecule has 1 aliphatic heterocycles. The zero-order valence-corrected chi connectivity index (χ0v) is 18.6. The normalized spacial score (nSPS) is 18.2. The third-order valence-corrected chi connectivity index (χ3v) is 6.36. The Labute approximate surface area is 183 Å². The lowest BCUT2D eigenvalue weighted by atomic mass is 9.97. The molecule has 0 bridgehead atoms. The second-order valence-corrected chi connectivity index (χ2v) is 8.24. The van der Waals surface area contributed by atoms with Crippen LogP contribution in [0.1, 0.15) is 33.6 Å². The van der Waals surface area contributed by atoms with Crippen LogP contribution >= 0.6 is 0 Å². The first kappa shape index (κ1) is 21.4. The summed E-state index contributed by atoms with van der Waals surface area (Å²) >= 11 is 0. The summed E-state index contributed by atoms with van der Waals surface area (Å²) in [5, 5.41) is 5.42. The molecule has 2 aromatic carbocycles. The summed E-state index contributed by atoms with van der Waals surface area (Å²) in [7, 11) is 0. The van der Waals surface area contributed by atoms with E-state index < -0.39 is 0 Å². The number of amides is 1. The van der Waals surface area contributed by atoms with Crippen molar-refractivity contribution in [2.45, 2.75) is 46.2 Å². The van der Waals surface area contributed by atoms with E-state index in [1.165, 1.54) is 16.4 Å². The molecular weight excluding hydrogens is 390 g/mol. The van der Waals surface area contributed by atoms with Crippen molar-refractivity contribution in [3.63, 3.8) is 0 Å². The fourth-order valence-electron chi connectivity index (χ4n) is 4.70. The van der Waals surface area contributed by atoms with E-state index in [1.54, 1.807) is 0 Å². The maximum absolute atomic E-state index is 13.0. The molecule has 0 spiro atoms. The van der Waals surface area contributed by atoms with Gasteiger partial charge in [0.25, 0.3) is 0 Å². The third-order valence-electron chi connectivity index (χ3n) is 6.36. The van der Waals surface area contributed by atoms with Crippen LogP contribution in [0.3, 0.4) is 0 Å². The Kier molecular flexibility index (Phi) is 6.28. The number of nitrogens with zero attached hydrogens (tertiary/aromatic N) is 2. The molecule has 0 radical (unpaired) electrons. The topological polar surface area (TPSA) is 63.6 Å². The van der Waals surface area contributed by atoms with E-state index in [0.29, 0.717) is 13.2 Å². The predicted octanol–water partition coefficient (Wildman–Crippen LogP) is 4.42. The van der Waals surface area contributed by atoms with Crippen molar-refractivity contribution in [1.82, 2.24) is 9.47 Å². The number of carbonyl (C=O) groups excluding carboxylic acids is 2. The average Bonchev–Trinajstić information content (AvgIpc) is 3.11. The molecular formula is C25H31N3O3. The first-order valence-corrected chi connectivity index (χ1v) is 11.3. The summed E-state index contributed by atoms with van der Waals surface area (Å²) in [5.74, 6) is -0.360. The van der Waals surface area contributed by atoms with Gasteiger partial charge in [0.05, 0.1) is 18.6 Å². The Morgan fingerprint density at radius 2 is 1.90 bits per heavy atom. The standard InChI is InChI=1S/C25H31N3O3/c1-4-28-22-11-7-6-10-20(22)21-15-19(12-13-23(21)28)26-24(29)17(3)27-14-8-9-18(16-27)25(30)31-5-2/h6-7,10-13,15,17-18H,4-5,8-9,14,16H2,1-3H3,(H,26,29). The van der Waals surface area contributed by atoms with E-state index in [4.69, 9.17) is 4.74 Å².